The minimum absolute atomic E-state index is 0.0563. The van der Waals surface area contributed by atoms with Crippen LogP contribution >= 0.6 is 22.9 Å². The van der Waals surface area contributed by atoms with E-state index in [0.717, 1.165) is 65.1 Å². The molecule has 0 radical (unpaired) electrons. The number of carboxylic acid groups (broad SMARTS) is 1. The average Bonchev–Trinajstić information content (AvgIpc) is 3.48. The van der Waals surface area contributed by atoms with Crippen LogP contribution in [0.1, 0.15) is 11.1 Å². The van der Waals surface area contributed by atoms with Crippen molar-refractivity contribution < 1.29 is 9.90 Å². The second kappa shape index (κ2) is 9.14. The first-order valence-electron chi connectivity index (χ1n) is 11.8. The number of benzene rings is 4. The van der Waals surface area contributed by atoms with Gasteiger partial charge in [-0.3, -0.25) is 9.48 Å². The molecule has 2 aromatic heterocycles. The summed E-state index contributed by atoms with van der Waals surface area (Å²) in [5.41, 5.74) is 8.75. The molecule has 6 rings (SSSR count). The number of hydrogen-bond donors (Lipinski definition) is 1. The second-order valence-electron chi connectivity index (χ2n) is 9.11. The Morgan fingerprint density at radius 1 is 0.973 bits per heavy atom. The summed E-state index contributed by atoms with van der Waals surface area (Å²) in [6.45, 7) is 1.95. The Morgan fingerprint density at radius 2 is 1.70 bits per heavy atom. The van der Waals surface area contributed by atoms with Crippen molar-refractivity contribution in [3.63, 3.8) is 0 Å². The predicted molar refractivity (Wildman–Crippen MR) is 151 cm³/mol. The van der Waals surface area contributed by atoms with Gasteiger partial charge in [-0.1, -0.05) is 48.0 Å². The van der Waals surface area contributed by atoms with E-state index in [0.29, 0.717) is 5.02 Å². The quantitative estimate of drug-likeness (QED) is 0.250. The van der Waals surface area contributed by atoms with Crippen LogP contribution in [0.2, 0.25) is 5.02 Å². The molecular weight excluding hydrogens is 502 g/mol. The van der Waals surface area contributed by atoms with Crippen molar-refractivity contribution in [1.82, 2.24) is 14.8 Å². The highest BCUT2D eigenvalue weighted by molar-refractivity contribution is 7.22. The zero-order valence-corrected chi connectivity index (χ0v) is 21.8. The maximum atomic E-state index is 11.7. The van der Waals surface area contributed by atoms with E-state index in [2.05, 4.69) is 41.5 Å². The van der Waals surface area contributed by atoms with Gasteiger partial charge in [-0.05, 0) is 71.1 Å². The average molecular weight is 524 g/mol. The minimum atomic E-state index is -0.860. The monoisotopic (exact) mass is 523 g/mol. The molecule has 4 aromatic carbocycles. The lowest BCUT2D eigenvalue weighted by Crippen LogP contribution is -2.04. The van der Waals surface area contributed by atoms with E-state index in [1.54, 1.807) is 11.3 Å². The molecule has 0 bridgehead atoms. The van der Waals surface area contributed by atoms with Gasteiger partial charge in [-0.15, -0.1) is 11.3 Å². The summed E-state index contributed by atoms with van der Waals surface area (Å²) in [6.07, 6.45) is 1.82. The van der Waals surface area contributed by atoms with Crippen LogP contribution in [0.3, 0.4) is 0 Å². The summed E-state index contributed by atoms with van der Waals surface area (Å²) in [7, 11) is 1.94. The first-order valence-corrected chi connectivity index (χ1v) is 13.0. The lowest BCUT2D eigenvalue weighted by Gasteiger charge is -2.13. The number of aromatic nitrogens is 3. The van der Waals surface area contributed by atoms with Crippen molar-refractivity contribution in [3.05, 3.63) is 95.1 Å². The molecule has 0 aliphatic heterocycles. The summed E-state index contributed by atoms with van der Waals surface area (Å²) in [5.74, 6) is -0.860. The largest absolute Gasteiger partial charge is 0.481 e. The summed E-state index contributed by atoms with van der Waals surface area (Å²) in [6, 6.07) is 24.3. The maximum Gasteiger partial charge on any atom is 0.307 e. The number of aliphatic carboxylic acids is 1. The van der Waals surface area contributed by atoms with Gasteiger partial charge in [0.25, 0.3) is 0 Å². The van der Waals surface area contributed by atoms with Crippen LogP contribution in [0, 0.1) is 6.92 Å². The number of hydrogen-bond acceptors (Lipinski definition) is 4. The topological polar surface area (TPSA) is 68.0 Å². The zero-order chi connectivity index (χ0) is 25.7. The van der Waals surface area contributed by atoms with Crippen molar-refractivity contribution in [1.29, 1.82) is 0 Å². The first kappa shape index (κ1) is 23.4. The van der Waals surface area contributed by atoms with E-state index >= 15 is 0 Å². The Kier molecular flexibility index (Phi) is 5.78. The Bertz CT molecular complexity index is 1820. The molecule has 6 aromatic rings. The van der Waals surface area contributed by atoms with E-state index in [9.17, 15) is 9.90 Å². The van der Waals surface area contributed by atoms with Gasteiger partial charge in [0.05, 0.1) is 28.4 Å². The van der Waals surface area contributed by atoms with Crippen LogP contribution in [0.15, 0.2) is 79.0 Å². The number of carbonyl (C=O) groups is 1. The van der Waals surface area contributed by atoms with Crippen LogP contribution in [0.5, 0.6) is 0 Å². The number of carboxylic acids is 1. The molecule has 0 aliphatic rings. The minimum Gasteiger partial charge on any atom is -0.481 e. The Labute approximate surface area is 222 Å². The maximum absolute atomic E-state index is 11.7. The Hall–Kier alpha value is -4.00. The summed E-state index contributed by atoms with van der Waals surface area (Å²) in [5, 5.41) is 16.6. The van der Waals surface area contributed by atoms with Crippen molar-refractivity contribution in [2.45, 2.75) is 13.3 Å². The van der Waals surface area contributed by atoms with Crippen molar-refractivity contribution in [2.75, 3.05) is 0 Å². The van der Waals surface area contributed by atoms with Gasteiger partial charge in [0.15, 0.2) is 0 Å². The highest BCUT2D eigenvalue weighted by Crippen LogP contribution is 2.41. The fourth-order valence-corrected chi connectivity index (χ4v) is 6.10. The molecule has 7 heteroatoms. The summed E-state index contributed by atoms with van der Waals surface area (Å²) >= 11 is 7.73. The molecule has 0 amide bonds. The van der Waals surface area contributed by atoms with Gasteiger partial charge >= 0.3 is 5.97 Å². The molecule has 182 valence electrons. The molecule has 0 aliphatic carbocycles. The van der Waals surface area contributed by atoms with E-state index in [4.69, 9.17) is 16.6 Å². The molecule has 0 unspecified atom stereocenters. The smallest absolute Gasteiger partial charge is 0.307 e. The van der Waals surface area contributed by atoms with Crippen LogP contribution in [-0.2, 0) is 18.3 Å². The Balaban J connectivity index is 1.50. The third-order valence-corrected chi connectivity index (χ3v) is 8.05. The number of halogens is 1. The lowest BCUT2D eigenvalue weighted by atomic mass is 9.93. The zero-order valence-electron chi connectivity index (χ0n) is 20.2. The molecule has 1 N–H and O–H groups in total. The third kappa shape index (κ3) is 4.28. The summed E-state index contributed by atoms with van der Waals surface area (Å²) < 4.78 is 2.84. The van der Waals surface area contributed by atoms with Crippen LogP contribution in [-0.4, -0.2) is 25.8 Å². The van der Waals surface area contributed by atoms with Crippen LogP contribution in [0.25, 0.3) is 53.9 Å². The number of nitrogens with zero attached hydrogens (tertiary/aromatic N) is 3. The molecule has 0 saturated carbocycles. The summed E-state index contributed by atoms with van der Waals surface area (Å²) in [4.78, 5) is 16.7. The lowest BCUT2D eigenvalue weighted by molar-refractivity contribution is -0.136. The highest BCUT2D eigenvalue weighted by atomic mass is 35.5. The standard InChI is InChI=1S/C30H22ClN3O2S/c1-17-12-25-29(28(24(17)15-27(35)36)18-6-9-23(31)10-7-18)37-30(33-25)21-5-3-4-19(13-21)20-8-11-26-22(14-20)16-32-34(26)2/h3-14,16H,15H2,1-2H3,(H,35,36). The van der Waals surface area contributed by atoms with Gasteiger partial charge in [0, 0.05) is 28.6 Å². The molecular formula is C30H22ClN3O2S. The number of fused-ring (bicyclic) bond motifs is 2. The number of rotatable bonds is 5. The predicted octanol–water partition coefficient (Wildman–Crippen LogP) is 7.77. The van der Waals surface area contributed by atoms with Crippen LogP contribution < -0.4 is 0 Å². The van der Waals surface area contributed by atoms with Gasteiger partial charge in [0.1, 0.15) is 5.01 Å². The van der Waals surface area contributed by atoms with Gasteiger partial charge in [0.2, 0.25) is 0 Å². The van der Waals surface area contributed by atoms with Crippen molar-refractivity contribution in [2.24, 2.45) is 7.05 Å². The van der Waals surface area contributed by atoms with Gasteiger partial charge in [-0.2, -0.15) is 5.10 Å². The SMILES string of the molecule is Cc1cc2nc(-c3cccc(-c4ccc5c(cnn5C)c4)c3)sc2c(-c2ccc(Cl)cc2)c1CC(=O)O. The molecule has 0 atom stereocenters. The van der Waals surface area contributed by atoms with E-state index in [1.165, 1.54) is 0 Å². The molecule has 5 nitrogen and oxygen atoms in total. The van der Waals surface area contributed by atoms with E-state index in [1.807, 2.05) is 61.2 Å². The van der Waals surface area contributed by atoms with Gasteiger partial charge < -0.3 is 5.11 Å². The number of thiazole rings is 1. The fraction of sp³-hybridized carbons (Fsp3) is 0.100. The molecule has 0 saturated heterocycles. The normalized spacial score (nSPS) is 11.4. The second-order valence-corrected chi connectivity index (χ2v) is 10.5. The Morgan fingerprint density at radius 3 is 2.49 bits per heavy atom. The number of aryl methyl sites for hydroxylation is 2. The molecule has 0 spiro atoms. The van der Waals surface area contributed by atoms with Crippen LogP contribution in [0.4, 0.5) is 0 Å². The van der Waals surface area contributed by atoms with Gasteiger partial charge in [-0.25, -0.2) is 4.98 Å². The van der Waals surface area contributed by atoms with E-state index in [-0.39, 0.29) is 6.42 Å². The molecule has 0 fully saturated rings. The van der Waals surface area contributed by atoms with Crippen molar-refractivity contribution in [3.8, 4) is 32.8 Å². The van der Waals surface area contributed by atoms with E-state index < -0.39 is 5.97 Å². The molecule has 37 heavy (non-hydrogen) atoms. The third-order valence-electron chi connectivity index (χ3n) is 6.66. The fourth-order valence-electron chi connectivity index (χ4n) is 4.83. The first-order chi connectivity index (χ1) is 17.9. The van der Waals surface area contributed by atoms with Crippen molar-refractivity contribution >= 4 is 50.0 Å². The molecule has 2 heterocycles. The highest BCUT2D eigenvalue weighted by Gasteiger charge is 2.19.